The molecular weight excluding hydrogens is 459 g/mol. The minimum absolute atomic E-state index is 0.109. The predicted molar refractivity (Wildman–Crippen MR) is 105 cm³/mol. The van der Waals surface area contributed by atoms with Gasteiger partial charge in [0.25, 0.3) is 5.91 Å². The molecule has 2 aromatic carbocycles. The Morgan fingerprint density at radius 2 is 1.74 bits per heavy atom. The molecule has 7 nitrogen and oxygen atoms in total. The number of alkyl halides is 2. The SMILES string of the molecule is O=C(Nc1ccc(OC(F)F)cc1)c1nc(S(=O)(=O)Cc2ccc(F)cc2)ncc1Cl. The average Bonchev–Trinajstić information content (AvgIpc) is 2.71. The van der Waals surface area contributed by atoms with Gasteiger partial charge in [0, 0.05) is 5.69 Å². The van der Waals surface area contributed by atoms with E-state index in [0.717, 1.165) is 18.3 Å². The smallest absolute Gasteiger partial charge is 0.387 e. The van der Waals surface area contributed by atoms with E-state index in [1.807, 2.05) is 0 Å². The fourth-order valence-electron chi connectivity index (χ4n) is 2.43. The first-order valence-electron chi connectivity index (χ1n) is 8.50. The lowest BCUT2D eigenvalue weighted by Crippen LogP contribution is -2.18. The van der Waals surface area contributed by atoms with Crippen LogP contribution in [0.2, 0.25) is 5.02 Å². The number of amides is 1. The van der Waals surface area contributed by atoms with Gasteiger partial charge in [-0.2, -0.15) is 8.78 Å². The van der Waals surface area contributed by atoms with Gasteiger partial charge >= 0.3 is 6.61 Å². The predicted octanol–water partition coefficient (Wildman–Crippen LogP) is 4.10. The van der Waals surface area contributed by atoms with Crippen LogP contribution in [0.5, 0.6) is 5.75 Å². The van der Waals surface area contributed by atoms with E-state index >= 15 is 0 Å². The van der Waals surface area contributed by atoms with E-state index in [-0.39, 0.29) is 16.5 Å². The van der Waals surface area contributed by atoms with Crippen molar-refractivity contribution >= 4 is 33.0 Å². The molecule has 1 amide bonds. The van der Waals surface area contributed by atoms with E-state index in [9.17, 15) is 26.4 Å². The first-order chi connectivity index (χ1) is 14.6. The summed E-state index contributed by atoms with van der Waals surface area (Å²) in [7, 11) is -4.06. The number of carbonyl (C=O) groups excluding carboxylic acids is 1. The number of benzene rings is 2. The highest BCUT2D eigenvalue weighted by molar-refractivity contribution is 7.90. The van der Waals surface area contributed by atoms with Crippen molar-refractivity contribution in [1.82, 2.24) is 9.97 Å². The zero-order valence-electron chi connectivity index (χ0n) is 15.4. The summed E-state index contributed by atoms with van der Waals surface area (Å²) >= 11 is 5.94. The molecule has 0 bridgehead atoms. The number of hydrogen-bond donors (Lipinski definition) is 1. The van der Waals surface area contributed by atoms with Gasteiger partial charge in [0.05, 0.1) is 17.0 Å². The molecule has 0 aliphatic rings. The molecule has 0 aliphatic heterocycles. The molecular formula is C19H13ClF3N3O4S. The number of hydrogen-bond acceptors (Lipinski definition) is 6. The number of ether oxygens (including phenoxy) is 1. The summed E-state index contributed by atoms with van der Waals surface area (Å²) in [5, 5.41) is 1.59. The topological polar surface area (TPSA) is 98.2 Å². The van der Waals surface area contributed by atoms with E-state index in [0.29, 0.717) is 5.56 Å². The van der Waals surface area contributed by atoms with Gasteiger partial charge in [0.1, 0.15) is 11.6 Å². The maximum absolute atomic E-state index is 13.0. The molecule has 3 aromatic rings. The molecule has 0 unspecified atom stereocenters. The van der Waals surface area contributed by atoms with Crippen LogP contribution in [0.3, 0.4) is 0 Å². The standard InChI is InChI=1S/C19H13ClF3N3O4S/c20-15-9-24-19(31(28,29)10-11-1-3-12(21)4-2-11)26-16(15)17(27)25-13-5-7-14(8-6-13)30-18(22)23/h1-9,18H,10H2,(H,25,27). The summed E-state index contributed by atoms with van der Waals surface area (Å²) in [5.74, 6) is -1.98. The minimum Gasteiger partial charge on any atom is -0.435 e. The normalized spacial score (nSPS) is 11.4. The molecule has 31 heavy (non-hydrogen) atoms. The number of nitrogens with zero attached hydrogens (tertiary/aromatic N) is 2. The third-order valence-electron chi connectivity index (χ3n) is 3.82. The lowest BCUT2D eigenvalue weighted by atomic mass is 10.2. The van der Waals surface area contributed by atoms with Gasteiger partial charge in [-0.1, -0.05) is 23.7 Å². The Kier molecular flexibility index (Phi) is 6.76. The Morgan fingerprint density at radius 1 is 1.10 bits per heavy atom. The minimum atomic E-state index is -4.06. The fourth-order valence-corrected chi connectivity index (χ4v) is 3.82. The van der Waals surface area contributed by atoms with Crippen molar-refractivity contribution in [2.75, 3.05) is 5.32 Å². The maximum atomic E-state index is 13.0. The first-order valence-corrected chi connectivity index (χ1v) is 10.5. The molecule has 162 valence electrons. The molecule has 3 rings (SSSR count). The Bertz CT molecular complexity index is 1190. The number of nitrogens with one attached hydrogen (secondary N) is 1. The van der Waals surface area contributed by atoms with Crippen molar-refractivity contribution in [1.29, 1.82) is 0 Å². The molecule has 0 saturated heterocycles. The van der Waals surface area contributed by atoms with Gasteiger partial charge in [0.15, 0.2) is 5.69 Å². The quantitative estimate of drug-likeness (QED) is 0.521. The number of rotatable bonds is 7. The molecule has 1 heterocycles. The molecule has 0 spiro atoms. The van der Waals surface area contributed by atoms with E-state index in [2.05, 4.69) is 20.0 Å². The second kappa shape index (κ2) is 9.31. The first kappa shape index (κ1) is 22.5. The van der Waals surface area contributed by atoms with Gasteiger partial charge in [-0.3, -0.25) is 4.79 Å². The third kappa shape index (κ3) is 5.92. The summed E-state index contributed by atoms with van der Waals surface area (Å²) in [5.41, 5.74) is 0.108. The van der Waals surface area contributed by atoms with Crippen LogP contribution >= 0.6 is 11.6 Å². The van der Waals surface area contributed by atoms with Crippen molar-refractivity contribution in [3.05, 3.63) is 76.8 Å². The zero-order valence-corrected chi connectivity index (χ0v) is 17.0. The number of halogens is 4. The molecule has 0 saturated carbocycles. The molecule has 0 atom stereocenters. The van der Waals surface area contributed by atoms with E-state index < -0.39 is 44.8 Å². The third-order valence-corrected chi connectivity index (χ3v) is 5.57. The number of aromatic nitrogens is 2. The lowest BCUT2D eigenvalue weighted by molar-refractivity contribution is -0.0498. The number of anilines is 1. The van der Waals surface area contributed by atoms with Gasteiger partial charge in [-0.25, -0.2) is 22.8 Å². The van der Waals surface area contributed by atoms with Crippen molar-refractivity contribution in [2.45, 2.75) is 17.5 Å². The van der Waals surface area contributed by atoms with Crippen molar-refractivity contribution in [3.8, 4) is 5.75 Å². The molecule has 0 radical (unpaired) electrons. The van der Waals surface area contributed by atoms with Crippen LogP contribution in [0.25, 0.3) is 0 Å². The lowest BCUT2D eigenvalue weighted by Gasteiger charge is -2.09. The summed E-state index contributed by atoms with van der Waals surface area (Å²) in [6, 6.07) is 9.86. The van der Waals surface area contributed by atoms with Crippen LogP contribution in [0.15, 0.2) is 59.9 Å². The van der Waals surface area contributed by atoms with E-state index in [1.165, 1.54) is 36.4 Å². The fraction of sp³-hybridized carbons (Fsp3) is 0.105. The molecule has 0 fully saturated rings. The Balaban J connectivity index is 1.79. The number of carbonyl (C=O) groups is 1. The van der Waals surface area contributed by atoms with Gasteiger partial charge in [0.2, 0.25) is 15.0 Å². The van der Waals surface area contributed by atoms with E-state index in [4.69, 9.17) is 11.6 Å². The Hall–Kier alpha value is -3.18. The van der Waals surface area contributed by atoms with Crippen LogP contribution in [0, 0.1) is 5.82 Å². The van der Waals surface area contributed by atoms with Crippen LogP contribution in [-0.2, 0) is 15.6 Å². The molecule has 0 aliphatic carbocycles. The highest BCUT2D eigenvalue weighted by Gasteiger charge is 2.23. The second-order valence-corrected chi connectivity index (χ2v) is 8.38. The van der Waals surface area contributed by atoms with Gasteiger partial charge < -0.3 is 10.1 Å². The average molecular weight is 472 g/mol. The Labute approximate surface area is 179 Å². The molecule has 12 heteroatoms. The largest absolute Gasteiger partial charge is 0.435 e. The zero-order chi connectivity index (χ0) is 22.6. The van der Waals surface area contributed by atoms with Gasteiger partial charge in [-0.15, -0.1) is 0 Å². The van der Waals surface area contributed by atoms with Crippen molar-refractivity contribution < 1.29 is 31.1 Å². The summed E-state index contributed by atoms with van der Waals surface area (Å²) in [6.07, 6.45) is 0.973. The number of sulfone groups is 1. The monoisotopic (exact) mass is 471 g/mol. The maximum Gasteiger partial charge on any atom is 0.387 e. The second-order valence-electron chi connectivity index (χ2n) is 6.09. The van der Waals surface area contributed by atoms with E-state index in [1.54, 1.807) is 0 Å². The van der Waals surface area contributed by atoms with Crippen LogP contribution in [0.4, 0.5) is 18.9 Å². The van der Waals surface area contributed by atoms with Crippen LogP contribution < -0.4 is 10.1 Å². The van der Waals surface area contributed by atoms with Crippen molar-refractivity contribution in [2.24, 2.45) is 0 Å². The van der Waals surface area contributed by atoms with Crippen LogP contribution in [0.1, 0.15) is 16.1 Å². The highest BCUT2D eigenvalue weighted by atomic mass is 35.5. The highest BCUT2D eigenvalue weighted by Crippen LogP contribution is 2.21. The summed E-state index contributed by atoms with van der Waals surface area (Å²) < 4.78 is 66.8. The molecule has 1 aromatic heterocycles. The van der Waals surface area contributed by atoms with Crippen LogP contribution in [-0.4, -0.2) is 30.9 Å². The molecule has 1 N–H and O–H groups in total. The van der Waals surface area contributed by atoms with Gasteiger partial charge in [-0.05, 0) is 42.0 Å². The summed E-state index contributed by atoms with van der Waals surface area (Å²) in [6.45, 7) is -2.99. The Morgan fingerprint density at radius 3 is 2.35 bits per heavy atom. The van der Waals surface area contributed by atoms with Crippen molar-refractivity contribution in [3.63, 3.8) is 0 Å². The summed E-state index contributed by atoms with van der Waals surface area (Å²) in [4.78, 5) is 19.9.